The van der Waals surface area contributed by atoms with Crippen LogP contribution < -0.4 is 21.5 Å². The van der Waals surface area contributed by atoms with Gasteiger partial charge in [-0.2, -0.15) is 0 Å². The van der Waals surface area contributed by atoms with E-state index in [2.05, 4.69) is 21.5 Å². The summed E-state index contributed by atoms with van der Waals surface area (Å²) in [5.74, 6) is 0. The molecule has 5 nitrogen and oxygen atoms in total. The maximum atomic E-state index is 11.7. The summed E-state index contributed by atoms with van der Waals surface area (Å²) < 4.78 is 0. The lowest BCUT2D eigenvalue weighted by atomic mass is 9.96. The zero-order valence-electron chi connectivity index (χ0n) is 12.0. The average molecular weight is 306 g/mol. The van der Waals surface area contributed by atoms with Crippen molar-refractivity contribution in [2.24, 2.45) is 0 Å². The molecule has 0 spiro atoms. The van der Waals surface area contributed by atoms with Gasteiger partial charge >= 0.3 is 6.03 Å². The van der Waals surface area contributed by atoms with E-state index in [4.69, 9.17) is 12.2 Å². The van der Waals surface area contributed by atoms with Crippen molar-refractivity contribution in [1.29, 1.82) is 0 Å². The number of hydrogen-bond acceptors (Lipinski definition) is 2. The first-order chi connectivity index (χ1) is 10.2. The molecule has 1 aliphatic carbocycles. The molecule has 4 N–H and O–H groups in total. The van der Waals surface area contributed by atoms with Crippen molar-refractivity contribution in [2.75, 3.05) is 0 Å². The van der Waals surface area contributed by atoms with E-state index in [0.717, 1.165) is 18.4 Å². The Labute approximate surface area is 130 Å². The number of hydrazine groups is 1. The molecule has 0 heterocycles. The quantitative estimate of drug-likeness (QED) is 0.511. The summed E-state index contributed by atoms with van der Waals surface area (Å²) in [4.78, 5) is 11.7. The summed E-state index contributed by atoms with van der Waals surface area (Å²) >= 11 is 5.11. The van der Waals surface area contributed by atoms with Gasteiger partial charge in [0.1, 0.15) is 0 Å². The number of rotatable bonds is 3. The second-order valence-electron chi connectivity index (χ2n) is 5.23. The maximum absolute atomic E-state index is 11.7. The molecule has 0 bridgehead atoms. The highest BCUT2D eigenvalue weighted by atomic mass is 32.1. The molecule has 0 aromatic heterocycles. The number of thiocarbonyl (C=S) groups is 1. The second-order valence-corrected chi connectivity index (χ2v) is 5.63. The molecule has 21 heavy (non-hydrogen) atoms. The first kappa shape index (κ1) is 15.6. The van der Waals surface area contributed by atoms with Gasteiger partial charge < -0.3 is 10.6 Å². The Kier molecular flexibility index (Phi) is 6.27. The van der Waals surface area contributed by atoms with Gasteiger partial charge in [0.2, 0.25) is 0 Å². The minimum absolute atomic E-state index is 0.231. The Morgan fingerprint density at radius 3 is 2.52 bits per heavy atom. The van der Waals surface area contributed by atoms with E-state index in [1.807, 2.05) is 30.3 Å². The van der Waals surface area contributed by atoms with Gasteiger partial charge in [0.25, 0.3) is 0 Å². The van der Waals surface area contributed by atoms with Crippen LogP contribution >= 0.6 is 12.2 Å². The average Bonchev–Trinajstić information content (AvgIpc) is 2.53. The van der Waals surface area contributed by atoms with Crippen molar-refractivity contribution in [1.82, 2.24) is 21.5 Å². The highest BCUT2D eigenvalue weighted by Gasteiger charge is 2.15. The SMILES string of the molecule is O=C(NNC(=S)NCc1ccccc1)NC1CCCCC1. The van der Waals surface area contributed by atoms with Gasteiger partial charge in [0, 0.05) is 12.6 Å². The van der Waals surface area contributed by atoms with Crippen molar-refractivity contribution >= 4 is 23.4 Å². The summed E-state index contributed by atoms with van der Waals surface area (Å²) in [5.41, 5.74) is 6.40. The number of nitrogens with one attached hydrogen (secondary N) is 4. The number of benzene rings is 1. The van der Waals surface area contributed by atoms with Crippen LogP contribution in [-0.2, 0) is 6.54 Å². The van der Waals surface area contributed by atoms with Crippen molar-refractivity contribution < 1.29 is 4.79 Å². The van der Waals surface area contributed by atoms with E-state index >= 15 is 0 Å². The predicted molar refractivity (Wildman–Crippen MR) is 87.6 cm³/mol. The summed E-state index contributed by atoms with van der Waals surface area (Å²) in [6.45, 7) is 0.624. The van der Waals surface area contributed by atoms with Gasteiger partial charge in [-0.1, -0.05) is 49.6 Å². The first-order valence-electron chi connectivity index (χ1n) is 7.38. The molecule has 1 aromatic rings. The van der Waals surface area contributed by atoms with E-state index in [1.54, 1.807) is 0 Å². The van der Waals surface area contributed by atoms with E-state index in [9.17, 15) is 4.79 Å². The summed E-state index contributed by atoms with van der Waals surface area (Å²) in [6, 6.07) is 10.00. The molecular formula is C15H22N4OS. The Bertz CT molecular complexity index is 460. The highest BCUT2D eigenvalue weighted by molar-refractivity contribution is 7.80. The molecule has 1 aromatic carbocycles. The van der Waals surface area contributed by atoms with Crippen LogP contribution in [0.15, 0.2) is 30.3 Å². The normalized spacial score (nSPS) is 15.0. The number of urea groups is 1. The largest absolute Gasteiger partial charge is 0.357 e. The molecule has 2 amide bonds. The minimum Gasteiger partial charge on any atom is -0.357 e. The smallest absolute Gasteiger partial charge is 0.333 e. The van der Waals surface area contributed by atoms with Gasteiger partial charge in [-0.15, -0.1) is 0 Å². The topological polar surface area (TPSA) is 65.2 Å². The lowest BCUT2D eigenvalue weighted by Crippen LogP contribution is -2.52. The van der Waals surface area contributed by atoms with Crippen LogP contribution in [0.25, 0.3) is 0 Å². The van der Waals surface area contributed by atoms with E-state index < -0.39 is 0 Å². The van der Waals surface area contributed by atoms with Crippen molar-refractivity contribution in [2.45, 2.75) is 44.7 Å². The molecule has 1 saturated carbocycles. The van der Waals surface area contributed by atoms with E-state index in [-0.39, 0.29) is 12.1 Å². The van der Waals surface area contributed by atoms with Gasteiger partial charge in [0.15, 0.2) is 5.11 Å². The van der Waals surface area contributed by atoms with Crippen LogP contribution in [0.1, 0.15) is 37.7 Å². The lowest BCUT2D eigenvalue weighted by Gasteiger charge is -2.23. The molecule has 0 radical (unpaired) electrons. The third-order valence-corrected chi connectivity index (χ3v) is 3.77. The third-order valence-electron chi connectivity index (χ3n) is 3.53. The molecule has 0 saturated heterocycles. The van der Waals surface area contributed by atoms with Crippen LogP contribution in [0.2, 0.25) is 0 Å². The van der Waals surface area contributed by atoms with Crippen LogP contribution in [0, 0.1) is 0 Å². The summed E-state index contributed by atoms with van der Waals surface area (Å²) in [6.07, 6.45) is 5.77. The third kappa shape index (κ3) is 5.99. The summed E-state index contributed by atoms with van der Waals surface area (Å²) in [5, 5.41) is 6.38. The molecule has 0 aliphatic heterocycles. The fourth-order valence-electron chi connectivity index (χ4n) is 2.40. The fourth-order valence-corrected chi connectivity index (χ4v) is 2.53. The molecule has 0 atom stereocenters. The molecule has 1 aliphatic rings. The molecule has 114 valence electrons. The molecular weight excluding hydrogens is 284 g/mol. The Morgan fingerprint density at radius 2 is 1.81 bits per heavy atom. The molecule has 0 unspecified atom stereocenters. The van der Waals surface area contributed by atoms with Crippen molar-refractivity contribution in [3.05, 3.63) is 35.9 Å². The van der Waals surface area contributed by atoms with Gasteiger partial charge in [-0.05, 0) is 30.6 Å². The van der Waals surface area contributed by atoms with Gasteiger partial charge in [0.05, 0.1) is 0 Å². The predicted octanol–water partition coefficient (Wildman–Crippen LogP) is 2.20. The zero-order chi connectivity index (χ0) is 14.9. The first-order valence-corrected chi connectivity index (χ1v) is 7.79. The Balaban J connectivity index is 1.60. The monoisotopic (exact) mass is 306 g/mol. The van der Waals surface area contributed by atoms with Crippen LogP contribution in [-0.4, -0.2) is 17.2 Å². The van der Waals surface area contributed by atoms with Gasteiger partial charge in [-0.25, -0.2) is 10.2 Å². The Hall–Kier alpha value is -1.82. The molecule has 2 rings (SSSR count). The minimum atomic E-state index is -0.231. The van der Waals surface area contributed by atoms with Crippen molar-refractivity contribution in [3.63, 3.8) is 0 Å². The van der Waals surface area contributed by atoms with Crippen LogP contribution in [0.3, 0.4) is 0 Å². The van der Waals surface area contributed by atoms with Crippen LogP contribution in [0.4, 0.5) is 4.79 Å². The second kappa shape index (κ2) is 8.46. The van der Waals surface area contributed by atoms with Crippen molar-refractivity contribution in [3.8, 4) is 0 Å². The van der Waals surface area contributed by atoms with Gasteiger partial charge in [-0.3, -0.25) is 5.43 Å². The number of amides is 2. The Morgan fingerprint density at radius 1 is 1.10 bits per heavy atom. The standard InChI is InChI=1S/C15H22N4OS/c20-14(17-13-9-5-2-6-10-13)18-19-15(21)16-11-12-7-3-1-4-8-12/h1,3-4,7-8,13H,2,5-6,9-11H2,(H2,16,19,21)(H2,17,18,20). The number of hydrogen-bond donors (Lipinski definition) is 4. The highest BCUT2D eigenvalue weighted by Crippen LogP contribution is 2.16. The zero-order valence-corrected chi connectivity index (χ0v) is 12.8. The van der Waals surface area contributed by atoms with E-state index in [0.29, 0.717) is 11.7 Å². The number of carbonyl (C=O) groups excluding carboxylic acids is 1. The molecule has 1 fully saturated rings. The van der Waals surface area contributed by atoms with Crippen LogP contribution in [0.5, 0.6) is 0 Å². The number of carbonyl (C=O) groups is 1. The fraction of sp³-hybridized carbons (Fsp3) is 0.467. The molecule has 6 heteroatoms. The summed E-state index contributed by atoms with van der Waals surface area (Å²) in [7, 11) is 0. The van der Waals surface area contributed by atoms with E-state index in [1.165, 1.54) is 19.3 Å². The lowest BCUT2D eigenvalue weighted by molar-refractivity contribution is 0.231. The maximum Gasteiger partial charge on any atom is 0.333 e.